The fraction of sp³-hybridized carbons (Fsp3) is 0.750. The Morgan fingerprint density at radius 2 is 1.64 bits per heavy atom. The second-order valence-corrected chi connectivity index (χ2v) is 1.85. The minimum atomic E-state index is -2.26. The molecule has 7 heteroatoms. The molecule has 0 unspecified atom stereocenters. The third-order valence-corrected chi connectivity index (χ3v) is 1.25. The Hall–Kier alpha value is -0.0961. The van der Waals surface area contributed by atoms with Crippen molar-refractivity contribution in [1.29, 1.82) is 0 Å². The molecule has 1 radical (unpaired) electrons. The summed E-state index contributed by atoms with van der Waals surface area (Å²) in [6.45, 7) is 4.23. The van der Waals surface area contributed by atoms with Gasteiger partial charge in [0.05, 0.1) is 16.3 Å². The fourth-order valence-corrected chi connectivity index (χ4v) is 0.325. The molecule has 0 saturated carbocycles. The van der Waals surface area contributed by atoms with Gasteiger partial charge in [-0.3, -0.25) is 20.2 Å². The minimum Gasteiger partial charge on any atom is -0.261 e. The Bertz CT molecular complexity index is 157. The molecule has 0 aromatic heterocycles. The van der Waals surface area contributed by atoms with Gasteiger partial charge in [-0.2, -0.15) is 6.92 Å². The Morgan fingerprint density at radius 3 is 1.64 bits per heavy atom. The molecule has 0 aromatic rings. The van der Waals surface area contributed by atoms with Gasteiger partial charge < -0.3 is 0 Å². The van der Waals surface area contributed by atoms with Gasteiger partial charge in [0.2, 0.25) is 0 Å². The molecule has 0 spiro atoms. The van der Waals surface area contributed by atoms with Crippen LogP contribution in [0, 0.1) is 27.2 Å². The summed E-state index contributed by atoms with van der Waals surface area (Å²) in [7, 11) is 0. The number of hydrogen-bond donors (Lipinski definition) is 0. The van der Waals surface area contributed by atoms with Crippen molar-refractivity contribution in [2.45, 2.75) is 19.0 Å². The van der Waals surface area contributed by atoms with Gasteiger partial charge in [0, 0.05) is 32.7 Å². The van der Waals surface area contributed by atoms with Crippen molar-refractivity contribution in [3.05, 3.63) is 27.2 Å². The largest absolute Gasteiger partial charge is 0.348 e. The predicted molar refractivity (Wildman–Crippen MR) is 32.4 cm³/mol. The van der Waals surface area contributed by atoms with Crippen LogP contribution in [0.5, 0.6) is 0 Å². The van der Waals surface area contributed by atoms with Gasteiger partial charge in [0.15, 0.2) is 0 Å². The monoisotopic (exact) mass is 236 g/mol. The van der Waals surface area contributed by atoms with Crippen LogP contribution < -0.4 is 0 Å². The van der Waals surface area contributed by atoms with Gasteiger partial charge in [0.1, 0.15) is 0 Å². The number of rotatable bonds is 3. The first kappa shape index (κ1) is 13.5. The second kappa shape index (κ2) is 4.72. The van der Waals surface area contributed by atoms with Crippen LogP contribution in [0.25, 0.3) is 0 Å². The first-order valence-electron chi connectivity index (χ1n) is 2.59. The van der Waals surface area contributed by atoms with Crippen molar-refractivity contribution in [1.82, 2.24) is 0 Å². The molecule has 0 aliphatic heterocycles. The van der Waals surface area contributed by atoms with Crippen molar-refractivity contribution in [3.8, 4) is 0 Å². The third kappa shape index (κ3) is 2.79. The molecule has 0 atom stereocenters. The molecule has 0 N–H and O–H groups in total. The van der Waals surface area contributed by atoms with Crippen LogP contribution in [0.1, 0.15) is 13.3 Å². The maximum atomic E-state index is 10.00. The standard InChI is InChI=1S/C4H7N2O4.Y/c1-3-4(2,5(7)8)6(9)10;/h2-3H2,1H3;/q-1;. The third-order valence-electron chi connectivity index (χ3n) is 1.25. The van der Waals surface area contributed by atoms with Gasteiger partial charge in [-0.05, 0) is 0 Å². The van der Waals surface area contributed by atoms with E-state index in [1.807, 2.05) is 0 Å². The molecule has 0 amide bonds. The number of hydrogen-bond acceptors (Lipinski definition) is 4. The summed E-state index contributed by atoms with van der Waals surface area (Å²) in [4.78, 5) is 18.0. The smallest absolute Gasteiger partial charge is 0.261 e. The van der Waals surface area contributed by atoms with E-state index in [2.05, 4.69) is 6.92 Å². The summed E-state index contributed by atoms with van der Waals surface area (Å²) in [6, 6.07) is 0. The maximum absolute atomic E-state index is 10.00. The zero-order valence-corrected chi connectivity index (χ0v) is 8.86. The Balaban J connectivity index is 0. The van der Waals surface area contributed by atoms with E-state index >= 15 is 0 Å². The first-order chi connectivity index (χ1) is 4.45. The summed E-state index contributed by atoms with van der Waals surface area (Å²) in [6.07, 6.45) is -0.215. The van der Waals surface area contributed by atoms with E-state index in [4.69, 9.17) is 0 Å². The molecule has 6 nitrogen and oxygen atoms in total. The van der Waals surface area contributed by atoms with E-state index in [-0.39, 0.29) is 39.1 Å². The molecule has 0 aromatic carbocycles. The molecule has 0 aliphatic carbocycles. The molecule has 11 heavy (non-hydrogen) atoms. The number of nitrogens with zero attached hydrogens (tertiary/aromatic N) is 2. The Morgan fingerprint density at radius 1 is 1.36 bits per heavy atom. The van der Waals surface area contributed by atoms with Crippen LogP contribution >= 0.6 is 0 Å². The molecule has 61 valence electrons. The van der Waals surface area contributed by atoms with E-state index in [0.717, 1.165) is 0 Å². The molecule has 0 rings (SSSR count). The summed E-state index contributed by atoms with van der Waals surface area (Å²) in [5.41, 5.74) is -2.26. The van der Waals surface area contributed by atoms with Crippen molar-refractivity contribution < 1.29 is 42.6 Å². The van der Waals surface area contributed by atoms with Gasteiger partial charge in [-0.25, -0.2) is 0 Å². The van der Waals surface area contributed by atoms with E-state index in [1.165, 1.54) is 6.92 Å². The average molecular weight is 236 g/mol. The summed E-state index contributed by atoms with van der Waals surface area (Å²) >= 11 is 0. The minimum absolute atomic E-state index is 0. The van der Waals surface area contributed by atoms with E-state index < -0.39 is 15.5 Å². The molecule has 0 heterocycles. The van der Waals surface area contributed by atoms with Crippen LogP contribution in [0.2, 0.25) is 0 Å². The first-order valence-corrected chi connectivity index (χ1v) is 2.59. The van der Waals surface area contributed by atoms with Crippen LogP contribution in [-0.4, -0.2) is 15.5 Å². The molecular weight excluding hydrogens is 229 g/mol. The van der Waals surface area contributed by atoms with Crippen molar-refractivity contribution in [3.63, 3.8) is 0 Å². The molecule has 0 aliphatic rings. The van der Waals surface area contributed by atoms with Gasteiger partial charge in [-0.15, -0.1) is 0 Å². The predicted octanol–water partition coefficient (Wildman–Crippen LogP) is 0.478. The zero-order valence-electron chi connectivity index (χ0n) is 6.02. The SMILES string of the molecule is [CH2-]C(CC)([N+](=O)[O-])[N+](=O)[O-].[Y]. The Kier molecular flexibility index (Phi) is 5.78. The van der Waals surface area contributed by atoms with E-state index in [1.54, 1.807) is 0 Å². The van der Waals surface area contributed by atoms with E-state index in [9.17, 15) is 20.2 Å². The Labute approximate surface area is 88.5 Å². The number of nitro groups is 2. The maximum Gasteiger partial charge on any atom is 0.348 e. The summed E-state index contributed by atoms with van der Waals surface area (Å²) in [5, 5.41) is 20.0. The summed E-state index contributed by atoms with van der Waals surface area (Å²) in [5.74, 6) is 0. The molecule has 0 bridgehead atoms. The second-order valence-electron chi connectivity index (χ2n) is 1.85. The fourth-order valence-electron chi connectivity index (χ4n) is 0.325. The zero-order chi connectivity index (χ0) is 8.36. The van der Waals surface area contributed by atoms with Crippen molar-refractivity contribution in [2.75, 3.05) is 0 Å². The van der Waals surface area contributed by atoms with E-state index in [0.29, 0.717) is 0 Å². The quantitative estimate of drug-likeness (QED) is 0.308. The topological polar surface area (TPSA) is 86.3 Å². The normalized spacial score (nSPS) is 10.0. The van der Waals surface area contributed by atoms with Crippen LogP contribution in [-0.2, 0) is 32.7 Å². The van der Waals surface area contributed by atoms with Crippen molar-refractivity contribution >= 4 is 0 Å². The average Bonchev–Trinajstić information content (AvgIpc) is 1.85. The van der Waals surface area contributed by atoms with Crippen molar-refractivity contribution in [2.24, 2.45) is 0 Å². The van der Waals surface area contributed by atoms with Crippen LogP contribution in [0.15, 0.2) is 0 Å². The molecule has 0 saturated heterocycles. The van der Waals surface area contributed by atoms with Crippen LogP contribution in [0.3, 0.4) is 0 Å². The summed E-state index contributed by atoms with van der Waals surface area (Å²) < 4.78 is 0. The van der Waals surface area contributed by atoms with Gasteiger partial charge >= 0.3 is 5.66 Å². The van der Waals surface area contributed by atoms with Gasteiger partial charge in [-0.1, -0.05) is 6.92 Å². The van der Waals surface area contributed by atoms with Crippen LogP contribution in [0.4, 0.5) is 0 Å². The van der Waals surface area contributed by atoms with Gasteiger partial charge in [0.25, 0.3) is 0 Å². The molecular formula is C4H7N2O4Y-. The molecule has 0 fully saturated rings.